The molecule has 0 radical (unpaired) electrons. The van der Waals surface area contributed by atoms with E-state index >= 15 is 0 Å². The maximum atomic E-state index is 5.45. The van der Waals surface area contributed by atoms with Crippen LogP contribution in [0.2, 0.25) is 0 Å². The van der Waals surface area contributed by atoms with Crippen LogP contribution in [0.4, 0.5) is 0 Å². The fourth-order valence-corrected chi connectivity index (χ4v) is 4.04. The molecule has 0 aliphatic carbocycles. The summed E-state index contributed by atoms with van der Waals surface area (Å²) in [6.45, 7) is 3.74. The quantitative estimate of drug-likeness (QED) is 0.325. The highest BCUT2D eigenvalue weighted by atomic mass is 16.5. The topological polar surface area (TPSA) is 87.8 Å². The summed E-state index contributed by atoms with van der Waals surface area (Å²) in [5.41, 5.74) is 3.60. The van der Waals surface area contributed by atoms with Gasteiger partial charge in [-0.2, -0.15) is 4.68 Å². The standard InChI is InChI=1S/C28H26N6O2/c1-18-29-23(13-12-22-11-10-21-7-5-6-8-24(21)32-22)17-28(30-18)34-27(31-19(2)33-34)16-20-9-14-25(35-3)26(15-20)36-4/h5-15,17H,16H2,1-4H3. The second-order valence-electron chi connectivity index (χ2n) is 8.31. The van der Waals surface area contributed by atoms with Crippen LogP contribution in [0, 0.1) is 13.8 Å². The lowest BCUT2D eigenvalue weighted by Crippen LogP contribution is -2.08. The molecule has 36 heavy (non-hydrogen) atoms. The molecule has 2 aromatic carbocycles. The number of pyridine rings is 1. The third kappa shape index (κ3) is 4.93. The van der Waals surface area contributed by atoms with Crippen LogP contribution >= 0.6 is 0 Å². The summed E-state index contributed by atoms with van der Waals surface area (Å²) in [6.07, 6.45) is 4.44. The van der Waals surface area contributed by atoms with Crippen molar-refractivity contribution < 1.29 is 9.47 Å². The SMILES string of the molecule is COc1ccc(Cc2nc(C)nn2-c2cc(C=Cc3ccc4ccccc4n3)nc(C)n2)cc1OC. The Balaban J connectivity index is 1.45. The van der Waals surface area contributed by atoms with Crippen LogP contribution in [-0.2, 0) is 6.42 Å². The highest BCUT2D eigenvalue weighted by molar-refractivity contribution is 5.80. The van der Waals surface area contributed by atoms with Gasteiger partial charge in [0.05, 0.1) is 31.1 Å². The van der Waals surface area contributed by atoms with Gasteiger partial charge in [0.1, 0.15) is 17.5 Å². The molecule has 0 fully saturated rings. The van der Waals surface area contributed by atoms with E-state index in [4.69, 9.17) is 14.5 Å². The maximum Gasteiger partial charge on any atom is 0.161 e. The van der Waals surface area contributed by atoms with E-state index in [1.54, 1.807) is 18.9 Å². The summed E-state index contributed by atoms with van der Waals surface area (Å²) in [5.74, 6) is 4.09. The van der Waals surface area contributed by atoms with E-state index in [-0.39, 0.29) is 0 Å². The molecular weight excluding hydrogens is 452 g/mol. The molecule has 5 rings (SSSR count). The van der Waals surface area contributed by atoms with Crippen LogP contribution < -0.4 is 9.47 Å². The van der Waals surface area contributed by atoms with E-state index in [0.717, 1.165) is 33.7 Å². The zero-order valence-electron chi connectivity index (χ0n) is 20.6. The van der Waals surface area contributed by atoms with Crippen molar-refractivity contribution >= 4 is 23.1 Å². The third-order valence-electron chi connectivity index (χ3n) is 5.70. The second-order valence-corrected chi connectivity index (χ2v) is 8.31. The minimum atomic E-state index is 0.552. The zero-order valence-corrected chi connectivity index (χ0v) is 20.6. The molecule has 0 aliphatic rings. The van der Waals surface area contributed by atoms with Gasteiger partial charge in [-0.25, -0.2) is 19.9 Å². The molecular formula is C28H26N6O2. The summed E-state index contributed by atoms with van der Waals surface area (Å²) >= 11 is 0. The lowest BCUT2D eigenvalue weighted by molar-refractivity contribution is 0.354. The van der Waals surface area contributed by atoms with Gasteiger partial charge in [0.15, 0.2) is 17.3 Å². The molecule has 0 saturated carbocycles. The summed E-state index contributed by atoms with van der Waals surface area (Å²) < 4.78 is 12.6. The van der Waals surface area contributed by atoms with Crippen molar-refractivity contribution in [2.75, 3.05) is 14.2 Å². The van der Waals surface area contributed by atoms with Crippen LogP contribution in [0.3, 0.4) is 0 Å². The molecule has 0 aliphatic heterocycles. The summed E-state index contributed by atoms with van der Waals surface area (Å²) in [7, 11) is 3.25. The molecule has 0 amide bonds. The van der Waals surface area contributed by atoms with Crippen LogP contribution in [-0.4, -0.2) is 43.9 Å². The van der Waals surface area contributed by atoms with Crippen molar-refractivity contribution in [3.05, 3.63) is 95.1 Å². The van der Waals surface area contributed by atoms with Gasteiger partial charge in [-0.3, -0.25) is 0 Å². The van der Waals surface area contributed by atoms with Crippen molar-refractivity contribution in [2.45, 2.75) is 20.3 Å². The summed E-state index contributed by atoms with van der Waals surface area (Å²) in [5, 5.41) is 5.72. The van der Waals surface area contributed by atoms with Crippen molar-refractivity contribution in [2.24, 2.45) is 0 Å². The molecule has 0 atom stereocenters. The normalized spacial score (nSPS) is 11.3. The van der Waals surface area contributed by atoms with E-state index in [9.17, 15) is 0 Å². The number of aryl methyl sites for hydroxylation is 2. The van der Waals surface area contributed by atoms with Gasteiger partial charge in [-0.1, -0.05) is 30.3 Å². The number of rotatable bonds is 7. The number of para-hydroxylation sites is 1. The fraction of sp³-hybridized carbons (Fsp3) is 0.179. The zero-order chi connectivity index (χ0) is 25.1. The highest BCUT2D eigenvalue weighted by Crippen LogP contribution is 2.28. The van der Waals surface area contributed by atoms with Gasteiger partial charge in [-0.15, -0.1) is 5.10 Å². The van der Waals surface area contributed by atoms with Gasteiger partial charge < -0.3 is 9.47 Å². The second kappa shape index (κ2) is 9.95. The van der Waals surface area contributed by atoms with Gasteiger partial charge in [0.2, 0.25) is 0 Å². The number of aromatic nitrogens is 6. The van der Waals surface area contributed by atoms with Crippen LogP contribution in [0.25, 0.3) is 28.9 Å². The fourth-order valence-electron chi connectivity index (χ4n) is 4.04. The molecule has 5 aromatic rings. The first-order valence-electron chi connectivity index (χ1n) is 11.6. The third-order valence-corrected chi connectivity index (χ3v) is 5.70. The maximum absolute atomic E-state index is 5.45. The Morgan fingerprint density at radius 2 is 1.56 bits per heavy atom. The molecule has 3 aromatic heterocycles. The van der Waals surface area contributed by atoms with E-state index in [2.05, 4.69) is 32.2 Å². The van der Waals surface area contributed by atoms with Crippen molar-refractivity contribution in [3.63, 3.8) is 0 Å². The number of fused-ring (bicyclic) bond motifs is 1. The van der Waals surface area contributed by atoms with E-state index in [1.165, 1.54) is 0 Å². The average Bonchev–Trinajstić information content (AvgIpc) is 3.26. The van der Waals surface area contributed by atoms with Gasteiger partial charge in [0.25, 0.3) is 0 Å². The molecule has 0 N–H and O–H groups in total. The highest BCUT2D eigenvalue weighted by Gasteiger charge is 2.14. The molecule has 0 spiro atoms. The Labute approximate surface area is 209 Å². The van der Waals surface area contributed by atoms with Gasteiger partial charge >= 0.3 is 0 Å². The first kappa shape index (κ1) is 23.2. The van der Waals surface area contributed by atoms with Crippen molar-refractivity contribution in [3.8, 4) is 17.3 Å². The molecule has 0 saturated heterocycles. The van der Waals surface area contributed by atoms with Gasteiger partial charge in [0, 0.05) is 17.9 Å². The Kier molecular flexibility index (Phi) is 6.40. The Morgan fingerprint density at radius 3 is 2.39 bits per heavy atom. The Morgan fingerprint density at radius 1 is 0.750 bits per heavy atom. The van der Waals surface area contributed by atoms with Crippen molar-refractivity contribution in [1.29, 1.82) is 0 Å². The molecule has 0 bridgehead atoms. The number of benzene rings is 2. The summed E-state index contributed by atoms with van der Waals surface area (Å²) in [6, 6.07) is 19.8. The number of methoxy groups -OCH3 is 2. The lowest BCUT2D eigenvalue weighted by atomic mass is 10.1. The van der Waals surface area contributed by atoms with E-state index in [1.807, 2.05) is 74.5 Å². The van der Waals surface area contributed by atoms with E-state index in [0.29, 0.717) is 35.4 Å². The molecule has 0 unspecified atom stereocenters. The first-order chi connectivity index (χ1) is 17.5. The molecule has 8 heteroatoms. The number of nitrogens with zero attached hydrogens (tertiary/aromatic N) is 6. The smallest absolute Gasteiger partial charge is 0.161 e. The number of hydrogen-bond acceptors (Lipinski definition) is 7. The predicted octanol–water partition coefficient (Wildman–Crippen LogP) is 5.00. The van der Waals surface area contributed by atoms with Crippen LogP contribution in [0.15, 0.2) is 60.7 Å². The average molecular weight is 479 g/mol. The van der Waals surface area contributed by atoms with E-state index < -0.39 is 0 Å². The minimum absolute atomic E-state index is 0.552. The minimum Gasteiger partial charge on any atom is -0.493 e. The number of ether oxygens (including phenoxy) is 2. The molecule has 3 heterocycles. The molecule has 180 valence electrons. The first-order valence-corrected chi connectivity index (χ1v) is 11.6. The summed E-state index contributed by atoms with van der Waals surface area (Å²) in [4.78, 5) is 18.6. The van der Waals surface area contributed by atoms with Crippen LogP contribution in [0.5, 0.6) is 11.5 Å². The van der Waals surface area contributed by atoms with Crippen molar-refractivity contribution in [1.82, 2.24) is 29.7 Å². The monoisotopic (exact) mass is 478 g/mol. The van der Waals surface area contributed by atoms with Crippen LogP contribution in [0.1, 0.15) is 34.4 Å². The Bertz CT molecular complexity index is 1570. The molecule has 8 nitrogen and oxygen atoms in total. The largest absolute Gasteiger partial charge is 0.493 e. The van der Waals surface area contributed by atoms with Gasteiger partial charge in [-0.05, 0) is 55.8 Å². The number of hydrogen-bond donors (Lipinski definition) is 0. The predicted molar refractivity (Wildman–Crippen MR) is 139 cm³/mol. The Hall–Kier alpha value is -4.59. The lowest BCUT2D eigenvalue weighted by Gasteiger charge is -2.10.